The van der Waals surface area contributed by atoms with Gasteiger partial charge in [0.25, 0.3) is 0 Å². The van der Waals surface area contributed by atoms with Crippen LogP contribution in [-0.4, -0.2) is 36.6 Å². The molecule has 0 aliphatic heterocycles. The van der Waals surface area contributed by atoms with Gasteiger partial charge in [0, 0.05) is 13.0 Å². The van der Waals surface area contributed by atoms with Crippen LogP contribution in [0.5, 0.6) is 5.75 Å². The van der Waals surface area contributed by atoms with Gasteiger partial charge in [-0.15, -0.1) is 0 Å². The van der Waals surface area contributed by atoms with Crippen molar-refractivity contribution in [3.8, 4) is 5.75 Å². The van der Waals surface area contributed by atoms with E-state index in [1.807, 2.05) is 48.5 Å². The topological polar surface area (TPSA) is 36.9 Å². The van der Waals surface area contributed by atoms with Crippen molar-refractivity contribution < 1.29 is 18.9 Å². The quantitative estimate of drug-likeness (QED) is 0.243. The molecule has 0 aliphatic rings. The maximum atomic E-state index is 6.96. The minimum atomic E-state index is -0.375. The summed E-state index contributed by atoms with van der Waals surface area (Å²) < 4.78 is 25.4. The minimum Gasteiger partial charge on any atom is -0.491 e. The van der Waals surface area contributed by atoms with Gasteiger partial charge < -0.3 is 18.9 Å². The number of hydrogen-bond acceptors (Lipinski definition) is 4. The average Bonchev–Trinajstić information content (AvgIpc) is 2.82. The van der Waals surface area contributed by atoms with Gasteiger partial charge in [0.1, 0.15) is 12.4 Å². The lowest BCUT2D eigenvalue weighted by atomic mass is 9.72. The molecule has 2 aromatic carbocycles. The molecule has 4 nitrogen and oxygen atoms in total. The molecule has 2 aromatic rings. The van der Waals surface area contributed by atoms with E-state index in [0.717, 1.165) is 31.6 Å². The number of ether oxygens (including phenoxy) is 4. The Kier molecular flexibility index (Phi) is 11.3. The van der Waals surface area contributed by atoms with Crippen LogP contribution in [0.2, 0.25) is 0 Å². The van der Waals surface area contributed by atoms with E-state index in [4.69, 9.17) is 18.9 Å². The van der Waals surface area contributed by atoms with Crippen LogP contribution in [0.4, 0.5) is 0 Å². The van der Waals surface area contributed by atoms with E-state index in [1.165, 1.54) is 5.56 Å². The summed E-state index contributed by atoms with van der Waals surface area (Å²) in [5, 5.41) is 0. The highest BCUT2D eigenvalue weighted by atomic mass is 16.6. The average molecular weight is 485 g/mol. The highest BCUT2D eigenvalue weighted by molar-refractivity contribution is 5.21. The molecule has 2 atom stereocenters. The van der Waals surface area contributed by atoms with E-state index in [2.05, 4.69) is 67.5 Å². The Bertz CT molecular complexity index is 832. The fraction of sp³-hybridized carbons (Fsp3) is 0.613. The molecule has 0 N–H and O–H groups in total. The zero-order valence-corrected chi connectivity index (χ0v) is 23.3. The first-order valence-corrected chi connectivity index (χ1v) is 13.1. The maximum absolute atomic E-state index is 6.96. The molecule has 196 valence electrons. The molecule has 0 aliphatic carbocycles. The van der Waals surface area contributed by atoms with Crippen LogP contribution in [0.15, 0.2) is 60.7 Å². The van der Waals surface area contributed by atoms with Crippen molar-refractivity contribution in [2.75, 3.05) is 13.2 Å². The molecule has 0 fully saturated rings. The summed E-state index contributed by atoms with van der Waals surface area (Å²) >= 11 is 0. The van der Waals surface area contributed by atoms with Crippen molar-refractivity contribution in [3.63, 3.8) is 0 Å². The van der Waals surface area contributed by atoms with Crippen molar-refractivity contribution in [2.45, 2.75) is 105 Å². The van der Waals surface area contributed by atoms with Gasteiger partial charge in [-0.2, -0.15) is 0 Å². The predicted octanol–water partition coefficient (Wildman–Crippen LogP) is 7.85. The van der Waals surface area contributed by atoms with Crippen molar-refractivity contribution in [1.82, 2.24) is 0 Å². The summed E-state index contributed by atoms with van der Waals surface area (Å²) in [6.45, 7) is 19.2. The Morgan fingerprint density at radius 3 is 2.00 bits per heavy atom. The van der Waals surface area contributed by atoms with E-state index in [9.17, 15) is 0 Å². The van der Waals surface area contributed by atoms with Crippen LogP contribution in [0, 0.1) is 5.41 Å². The van der Waals surface area contributed by atoms with E-state index < -0.39 is 0 Å². The zero-order valence-electron chi connectivity index (χ0n) is 23.3. The standard InChI is InChI=1S/C31H48O4/c1-9-31(8,29(4,5)20-21-32-25(2)3)35-28(24-33-27-18-14-11-15-19-27)22-30(6,7)34-23-26-16-12-10-13-17-26/h10-19,25,28H,9,20-24H2,1-8H3. The lowest BCUT2D eigenvalue weighted by Crippen LogP contribution is -2.49. The van der Waals surface area contributed by atoms with E-state index in [1.54, 1.807) is 0 Å². The molecule has 0 aromatic heterocycles. The zero-order chi connectivity index (χ0) is 26.0. The van der Waals surface area contributed by atoms with Gasteiger partial charge in [-0.1, -0.05) is 69.3 Å². The van der Waals surface area contributed by atoms with E-state index >= 15 is 0 Å². The van der Waals surface area contributed by atoms with Gasteiger partial charge in [-0.3, -0.25) is 0 Å². The predicted molar refractivity (Wildman–Crippen MR) is 145 cm³/mol. The van der Waals surface area contributed by atoms with E-state index in [0.29, 0.717) is 13.2 Å². The summed E-state index contributed by atoms with van der Waals surface area (Å²) in [4.78, 5) is 0. The minimum absolute atomic E-state index is 0.0727. The fourth-order valence-corrected chi connectivity index (χ4v) is 4.20. The van der Waals surface area contributed by atoms with E-state index in [-0.39, 0.29) is 28.8 Å². The van der Waals surface area contributed by atoms with Gasteiger partial charge in [0.15, 0.2) is 0 Å². The molecular formula is C31H48O4. The SMILES string of the molecule is CCC(C)(OC(COc1ccccc1)CC(C)(C)OCc1ccccc1)C(C)(C)CCOC(C)C. The Morgan fingerprint density at radius 2 is 1.43 bits per heavy atom. The molecule has 2 unspecified atom stereocenters. The highest BCUT2D eigenvalue weighted by Crippen LogP contribution is 2.41. The van der Waals surface area contributed by atoms with Crippen molar-refractivity contribution >= 4 is 0 Å². The second-order valence-corrected chi connectivity index (χ2v) is 11.2. The smallest absolute Gasteiger partial charge is 0.119 e. The fourth-order valence-electron chi connectivity index (χ4n) is 4.20. The third-order valence-electron chi connectivity index (χ3n) is 7.08. The first-order chi connectivity index (χ1) is 16.5. The van der Waals surface area contributed by atoms with Gasteiger partial charge >= 0.3 is 0 Å². The Morgan fingerprint density at radius 1 is 0.829 bits per heavy atom. The number of rotatable bonds is 16. The molecule has 4 heteroatoms. The van der Waals surface area contributed by atoms with Gasteiger partial charge in [0.2, 0.25) is 0 Å². The first-order valence-electron chi connectivity index (χ1n) is 13.1. The van der Waals surface area contributed by atoms with Gasteiger partial charge in [-0.05, 0) is 70.6 Å². The van der Waals surface area contributed by atoms with Crippen molar-refractivity contribution in [2.24, 2.45) is 5.41 Å². The Hall–Kier alpha value is -1.88. The molecule has 0 bridgehead atoms. The molecule has 0 spiro atoms. The van der Waals surface area contributed by atoms with Crippen LogP contribution >= 0.6 is 0 Å². The molecule has 0 heterocycles. The highest BCUT2D eigenvalue weighted by Gasteiger charge is 2.43. The molecule has 0 amide bonds. The summed E-state index contributed by atoms with van der Waals surface area (Å²) in [5.41, 5.74) is 0.382. The summed E-state index contributed by atoms with van der Waals surface area (Å²) in [6, 6.07) is 20.3. The third kappa shape index (κ3) is 9.95. The second kappa shape index (κ2) is 13.4. The normalized spacial score (nSPS) is 15.1. The molecular weight excluding hydrogens is 436 g/mol. The number of para-hydroxylation sites is 1. The van der Waals surface area contributed by atoms with Gasteiger partial charge in [-0.25, -0.2) is 0 Å². The largest absolute Gasteiger partial charge is 0.491 e. The second-order valence-electron chi connectivity index (χ2n) is 11.2. The van der Waals surface area contributed by atoms with Crippen LogP contribution in [0.25, 0.3) is 0 Å². The van der Waals surface area contributed by atoms with Gasteiger partial charge in [0.05, 0.1) is 30.0 Å². The van der Waals surface area contributed by atoms with Crippen molar-refractivity contribution in [1.29, 1.82) is 0 Å². The van der Waals surface area contributed by atoms with Crippen molar-refractivity contribution in [3.05, 3.63) is 66.2 Å². The molecule has 0 saturated heterocycles. The number of hydrogen-bond donors (Lipinski definition) is 0. The Labute approximate surface area is 214 Å². The summed E-state index contributed by atoms with van der Waals surface area (Å²) in [7, 11) is 0. The third-order valence-corrected chi connectivity index (χ3v) is 7.08. The monoisotopic (exact) mass is 484 g/mol. The lowest BCUT2D eigenvalue weighted by molar-refractivity contribution is -0.182. The van der Waals surface area contributed by atoms with Crippen LogP contribution < -0.4 is 4.74 Å². The van der Waals surface area contributed by atoms with Crippen LogP contribution in [0.1, 0.15) is 80.2 Å². The van der Waals surface area contributed by atoms with Crippen LogP contribution in [-0.2, 0) is 20.8 Å². The summed E-state index contributed by atoms with van der Waals surface area (Å²) in [6.07, 6.45) is 2.65. The molecule has 0 saturated carbocycles. The maximum Gasteiger partial charge on any atom is 0.119 e. The molecule has 2 rings (SSSR count). The summed E-state index contributed by atoms with van der Waals surface area (Å²) in [5.74, 6) is 0.854. The van der Waals surface area contributed by atoms with Crippen LogP contribution in [0.3, 0.4) is 0 Å². The first kappa shape index (κ1) is 29.4. The lowest BCUT2D eigenvalue weighted by Gasteiger charge is -2.46. The molecule has 0 radical (unpaired) electrons. The Balaban J connectivity index is 2.14. The molecule has 35 heavy (non-hydrogen) atoms. The number of benzene rings is 2.